The molecule has 2 aromatic rings. The number of esters is 3. The molecule has 0 saturated carbocycles. The molecule has 1 spiro atoms. The van der Waals surface area contributed by atoms with Crippen LogP contribution in [0, 0.1) is 0 Å². The van der Waals surface area contributed by atoms with Gasteiger partial charge in [0.25, 0.3) is 5.91 Å². The molecule has 2 aromatic carbocycles. The fraction of sp³-hybridized carbons (Fsp3) is 0.417. The van der Waals surface area contributed by atoms with Crippen LogP contribution >= 0.6 is 0 Å². The number of carbonyl (C=O) groups is 4. The Morgan fingerprint density at radius 3 is 1.91 bits per heavy atom. The van der Waals surface area contributed by atoms with Crippen LogP contribution in [-0.2, 0) is 38.8 Å². The molecule has 3 aliphatic rings. The van der Waals surface area contributed by atoms with Crippen LogP contribution in [0.5, 0.6) is 0 Å². The number of unbranched alkanes of at least 4 members (excludes halogenated alkanes) is 7. The molecule has 10 heteroatoms. The van der Waals surface area contributed by atoms with Gasteiger partial charge in [0.05, 0.1) is 50.1 Å². The van der Waals surface area contributed by atoms with E-state index in [0.717, 1.165) is 73.6 Å². The molecule has 0 aromatic heterocycles. The fourth-order valence-electron chi connectivity index (χ4n) is 6.94. The predicted octanol–water partition coefficient (Wildman–Crippen LogP) is 4.96. The van der Waals surface area contributed by atoms with E-state index in [1.165, 1.54) is 32.6 Å². The van der Waals surface area contributed by atoms with E-state index in [0.29, 0.717) is 18.5 Å². The van der Waals surface area contributed by atoms with Gasteiger partial charge in [0.2, 0.25) is 0 Å². The Balaban J connectivity index is 1.32. The smallest absolute Gasteiger partial charge is 0.356 e. The van der Waals surface area contributed by atoms with E-state index in [4.69, 9.17) is 9.47 Å². The van der Waals surface area contributed by atoms with E-state index in [1.54, 1.807) is 6.08 Å². The van der Waals surface area contributed by atoms with Gasteiger partial charge in [-0.05, 0) is 41.2 Å². The van der Waals surface area contributed by atoms with Crippen LogP contribution < -0.4 is 5.32 Å². The minimum Gasteiger partial charge on any atom is -0.469 e. The number of hydrazone groups is 1. The van der Waals surface area contributed by atoms with Crippen LogP contribution in [0.25, 0.3) is 11.1 Å². The van der Waals surface area contributed by atoms with Crippen molar-refractivity contribution in [1.29, 1.82) is 0 Å². The summed E-state index contributed by atoms with van der Waals surface area (Å²) in [5.74, 6) is -1.81. The number of nitrogens with one attached hydrogen (secondary N) is 1. The maximum atomic E-state index is 13.7. The van der Waals surface area contributed by atoms with Crippen molar-refractivity contribution in [2.45, 2.75) is 69.2 Å². The van der Waals surface area contributed by atoms with E-state index in [1.807, 2.05) is 48.5 Å². The molecule has 1 unspecified atom stereocenters. The van der Waals surface area contributed by atoms with Crippen molar-refractivity contribution in [3.05, 3.63) is 82.6 Å². The molecule has 5 rings (SSSR count). The number of carbonyl (C=O) groups excluding carboxylic acids is 4. The average molecular weight is 628 g/mol. The Morgan fingerprint density at radius 2 is 1.33 bits per heavy atom. The summed E-state index contributed by atoms with van der Waals surface area (Å²) in [6.45, 7) is 0.521. The highest BCUT2D eigenvalue weighted by Crippen LogP contribution is 2.60. The summed E-state index contributed by atoms with van der Waals surface area (Å²) in [7, 11) is 3.96. The van der Waals surface area contributed by atoms with E-state index < -0.39 is 23.4 Å². The summed E-state index contributed by atoms with van der Waals surface area (Å²) in [4.78, 5) is 51.6. The van der Waals surface area contributed by atoms with Gasteiger partial charge in [-0.1, -0.05) is 87.1 Å². The van der Waals surface area contributed by atoms with Crippen molar-refractivity contribution in [3.8, 4) is 11.1 Å². The quantitative estimate of drug-likeness (QED) is 0.177. The van der Waals surface area contributed by atoms with Crippen LogP contribution in [-0.4, -0.2) is 69.0 Å². The first-order chi connectivity index (χ1) is 22.4. The molecular formula is C36H41N3O7. The molecule has 0 fully saturated rings. The Hall–Kier alpha value is -4.73. The SMILES string of the molecule is COC(=O)CCCCCCCCCCNC(=O)C1=CC2N(N=C1)C(C(=O)OC)=C(C(=O)OC)C21c2ccccc2-c2ccccc21. The minimum absolute atomic E-state index is 0.0127. The number of nitrogens with zero attached hydrogens (tertiary/aromatic N) is 2. The fourth-order valence-corrected chi connectivity index (χ4v) is 6.94. The largest absolute Gasteiger partial charge is 0.469 e. The van der Waals surface area contributed by atoms with Gasteiger partial charge in [-0.15, -0.1) is 0 Å². The number of hydrogen-bond donors (Lipinski definition) is 1. The van der Waals surface area contributed by atoms with Crippen LogP contribution in [0.2, 0.25) is 0 Å². The zero-order chi connectivity index (χ0) is 32.7. The Morgan fingerprint density at radius 1 is 0.761 bits per heavy atom. The van der Waals surface area contributed by atoms with E-state index in [2.05, 4.69) is 15.2 Å². The highest BCUT2D eigenvalue weighted by atomic mass is 16.5. The van der Waals surface area contributed by atoms with Gasteiger partial charge < -0.3 is 19.5 Å². The minimum atomic E-state index is -1.17. The van der Waals surface area contributed by atoms with E-state index in [9.17, 15) is 19.2 Å². The van der Waals surface area contributed by atoms with Gasteiger partial charge in [-0.25, -0.2) is 14.6 Å². The molecule has 0 bridgehead atoms. The normalized spacial score (nSPS) is 16.8. The second-order valence-corrected chi connectivity index (χ2v) is 11.7. The van der Waals surface area contributed by atoms with Gasteiger partial charge in [0.1, 0.15) is 0 Å². The molecule has 1 aliphatic carbocycles. The lowest BCUT2D eigenvalue weighted by Gasteiger charge is -2.37. The second kappa shape index (κ2) is 14.6. The van der Waals surface area contributed by atoms with Crippen LogP contribution in [0.4, 0.5) is 0 Å². The van der Waals surface area contributed by atoms with Gasteiger partial charge in [0.15, 0.2) is 5.70 Å². The number of fused-ring (bicyclic) bond motifs is 7. The Labute approximate surface area is 269 Å². The first-order valence-corrected chi connectivity index (χ1v) is 15.9. The van der Waals surface area contributed by atoms with Crippen molar-refractivity contribution in [2.24, 2.45) is 5.10 Å². The summed E-state index contributed by atoms with van der Waals surface area (Å²) >= 11 is 0. The number of benzene rings is 2. The van der Waals surface area contributed by atoms with Crippen LogP contribution in [0.15, 0.2) is 76.6 Å². The van der Waals surface area contributed by atoms with Gasteiger partial charge in [-0.2, -0.15) is 5.10 Å². The summed E-state index contributed by atoms with van der Waals surface area (Å²) in [5.41, 5.74) is 2.80. The predicted molar refractivity (Wildman–Crippen MR) is 172 cm³/mol. The lowest BCUT2D eigenvalue weighted by atomic mass is 9.67. The molecule has 1 atom stereocenters. The standard InChI is InChI=1S/C36H41N3O7/c1-44-30(40)20-10-8-6-4-5-7-9-15-21-37-33(41)24-22-29-36(27-18-13-11-16-25(27)26-17-12-14-19-28(26)36)31(34(42)45-2)32(35(43)46-3)39(29)38-23-24/h11-14,16-19,22-23,29H,4-10,15,20-21H2,1-3H3,(H,37,41). The van der Waals surface area contributed by atoms with Crippen LogP contribution in [0.3, 0.4) is 0 Å². The average Bonchev–Trinajstić information content (AvgIpc) is 3.56. The van der Waals surface area contributed by atoms with E-state index >= 15 is 0 Å². The van der Waals surface area contributed by atoms with Crippen molar-refractivity contribution in [3.63, 3.8) is 0 Å². The number of rotatable bonds is 14. The Kier molecular flexibility index (Phi) is 10.3. The molecule has 1 amide bonds. The Bertz CT molecular complexity index is 1550. The molecule has 242 valence electrons. The highest BCUT2D eigenvalue weighted by molar-refractivity contribution is 6.14. The maximum absolute atomic E-state index is 13.7. The molecule has 46 heavy (non-hydrogen) atoms. The molecule has 0 radical (unpaired) electrons. The van der Waals surface area contributed by atoms with Crippen molar-refractivity contribution in [2.75, 3.05) is 27.9 Å². The summed E-state index contributed by atoms with van der Waals surface area (Å²) in [5, 5.41) is 9.08. The van der Waals surface area contributed by atoms with Crippen molar-refractivity contribution >= 4 is 30.0 Å². The first kappa shape index (κ1) is 32.7. The third-order valence-electron chi connectivity index (χ3n) is 9.07. The maximum Gasteiger partial charge on any atom is 0.356 e. The summed E-state index contributed by atoms with van der Waals surface area (Å²) in [6.07, 6.45) is 11.8. The number of methoxy groups -OCH3 is 3. The molecule has 2 heterocycles. The van der Waals surface area contributed by atoms with Crippen LogP contribution in [0.1, 0.15) is 68.9 Å². The molecule has 0 saturated heterocycles. The molecule has 10 nitrogen and oxygen atoms in total. The first-order valence-electron chi connectivity index (χ1n) is 15.9. The third kappa shape index (κ3) is 5.96. The topological polar surface area (TPSA) is 124 Å². The summed E-state index contributed by atoms with van der Waals surface area (Å²) < 4.78 is 15.1. The van der Waals surface area contributed by atoms with E-state index in [-0.39, 0.29) is 23.1 Å². The molecule has 1 N–H and O–H groups in total. The van der Waals surface area contributed by atoms with Gasteiger partial charge in [0, 0.05) is 13.0 Å². The lowest BCUT2D eigenvalue weighted by Crippen LogP contribution is -2.45. The monoisotopic (exact) mass is 627 g/mol. The lowest BCUT2D eigenvalue weighted by molar-refractivity contribution is -0.141. The van der Waals surface area contributed by atoms with Crippen molar-refractivity contribution < 1.29 is 33.4 Å². The van der Waals surface area contributed by atoms with Gasteiger partial charge in [-0.3, -0.25) is 9.59 Å². The zero-order valence-electron chi connectivity index (χ0n) is 26.7. The third-order valence-corrected chi connectivity index (χ3v) is 9.07. The van der Waals surface area contributed by atoms with Crippen molar-refractivity contribution in [1.82, 2.24) is 10.3 Å². The molecule has 2 aliphatic heterocycles. The number of amides is 1. The number of hydrogen-bond acceptors (Lipinski definition) is 9. The zero-order valence-corrected chi connectivity index (χ0v) is 26.7. The summed E-state index contributed by atoms with van der Waals surface area (Å²) in [6, 6.07) is 14.8. The molecular weight excluding hydrogens is 586 g/mol. The highest BCUT2D eigenvalue weighted by Gasteiger charge is 2.63. The number of ether oxygens (including phenoxy) is 3. The van der Waals surface area contributed by atoms with Gasteiger partial charge >= 0.3 is 17.9 Å². The second-order valence-electron chi connectivity index (χ2n) is 11.7.